The molecule has 0 amide bonds. The zero-order valence-electron chi connectivity index (χ0n) is 11.7. The predicted octanol–water partition coefficient (Wildman–Crippen LogP) is 3.95. The summed E-state index contributed by atoms with van der Waals surface area (Å²) in [5.41, 5.74) is -0.858. The van der Waals surface area contributed by atoms with Crippen molar-refractivity contribution in [2.24, 2.45) is 0 Å². The summed E-state index contributed by atoms with van der Waals surface area (Å²) in [5.74, 6) is 0. The highest BCUT2D eigenvalue weighted by atomic mass is 19.4. The number of hydrogen-bond donors (Lipinski definition) is 1. The molecular weight excluding hydrogens is 281 g/mol. The summed E-state index contributed by atoms with van der Waals surface area (Å²) in [5, 5.41) is 11.9. The van der Waals surface area contributed by atoms with E-state index in [1.807, 2.05) is 0 Å². The van der Waals surface area contributed by atoms with Crippen molar-refractivity contribution in [2.75, 3.05) is 12.4 Å². The van der Waals surface area contributed by atoms with Crippen LogP contribution in [0.25, 0.3) is 0 Å². The Balaban J connectivity index is 2.16. The molecule has 2 atom stereocenters. The molecule has 6 heteroatoms. The van der Waals surface area contributed by atoms with Crippen LogP contribution in [0, 0.1) is 11.3 Å². The molecule has 2 rings (SSSR count). The van der Waals surface area contributed by atoms with Crippen LogP contribution in [0.3, 0.4) is 0 Å². The van der Waals surface area contributed by atoms with Crippen LogP contribution in [-0.4, -0.2) is 19.3 Å². The van der Waals surface area contributed by atoms with E-state index in [0.29, 0.717) is 5.69 Å². The Labute approximate surface area is 121 Å². The van der Waals surface area contributed by atoms with Crippen LogP contribution in [0.5, 0.6) is 0 Å². The van der Waals surface area contributed by atoms with E-state index in [-0.39, 0.29) is 17.7 Å². The third-order valence-corrected chi connectivity index (χ3v) is 3.78. The van der Waals surface area contributed by atoms with E-state index in [9.17, 15) is 13.2 Å². The molecule has 1 aromatic rings. The normalized spacial score (nSPS) is 22.6. The minimum Gasteiger partial charge on any atom is -0.382 e. The number of methoxy groups -OCH3 is 1. The summed E-state index contributed by atoms with van der Waals surface area (Å²) in [6, 6.07) is 5.41. The molecule has 1 aromatic carbocycles. The average molecular weight is 298 g/mol. The van der Waals surface area contributed by atoms with Crippen LogP contribution in [0.4, 0.5) is 18.9 Å². The summed E-state index contributed by atoms with van der Waals surface area (Å²) in [6.45, 7) is 0. The summed E-state index contributed by atoms with van der Waals surface area (Å²) in [6.07, 6.45) is -0.727. The number of alkyl halides is 3. The van der Waals surface area contributed by atoms with Crippen LogP contribution in [0.2, 0.25) is 0 Å². The van der Waals surface area contributed by atoms with Gasteiger partial charge in [0.05, 0.1) is 23.3 Å². The maximum absolute atomic E-state index is 12.9. The Morgan fingerprint density at radius 2 is 2.10 bits per heavy atom. The Morgan fingerprint density at radius 3 is 2.71 bits per heavy atom. The van der Waals surface area contributed by atoms with Gasteiger partial charge in [-0.3, -0.25) is 0 Å². The number of hydrogen-bond acceptors (Lipinski definition) is 3. The first-order valence-corrected chi connectivity index (χ1v) is 6.84. The van der Waals surface area contributed by atoms with Gasteiger partial charge < -0.3 is 10.1 Å². The molecule has 1 saturated carbocycles. The SMILES string of the molecule is COC1CCCC(Nc2ccc(C#N)c(C(F)(F)F)c2)C1. The molecule has 0 aliphatic heterocycles. The second-order valence-electron chi connectivity index (χ2n) is 5.24. The van der Waals surface area contributed by atoms with Crippen LogP contribution in [-0.2, 0) is 10.9 Å². The van der Waals surface area contributed by atoms with Gasteiger partial charge in [-0.15, -0.1) is 0 Å². The smallest absolute Gasteiger partial charge is 0.382 e. The molecule has 1 aliphatic rings. The molecule has 0 spiro atoms. The highest BCUT2D eigenvalue weighted by Crippen LogP contribution is 2.34. The van der Waals surface area contributed by atoms with Gasteiger partial charge in [0.2, 0.25) is 0 Å². The van der Waals surface area contributed by atoms with E-state index in [2.05, 4.69) is 5.32 Å². The van der Waals surface area contributed by atoms with Gasteiger partial charge in [-0.2, -0.15) is 18.4 Å². The molecule has 114 valence electrons. The summed E-state index contributed by atoms with van der Waals surface area (Å²) >= 11 is 0. The molecule has 0 aromatic heterocycles. The highest BCUT2D eigenvalue weighted by Gasteiger charge is 2.34. The lowest BCUT2D eigenvalue weighted by atomic mass is 9.92. The molecule has 1 N–H and O–H groups in total. The zero-order valence-corrected chi connectivity index (χ0v) is 11.7. The van der Waals surface area contributed by atoms with Crippen molar-refractivity contribution in [2.45, 2.75) is 44.0 Å². The van der Waals surface area contributed by atoms with Crippen molar-refractivity contribution < 1.29 is 17.9 Å². The van der Waals surface area contributed by atoms with Crippen LogP contribution < -0.4 is 5.32 Å². The zero-order chi connectivity index (χ0) is 15.5. The number of nitrogens with one attached hydrogen (secondary N) is 1. The van der Waals surface area contributed by atoms with Crippen LogP contribution in [0.15, 0.2) is 18.2 Å². The fourth-order valence-corrected chi connectivity index (χ4v) is 2.69. The van der Waals surface area contributed by atoms with E-state index < -0.39 is 11.7 Å². The number of anilines is 1. The lowest BCUT2D eigenvalue weighted by molar-refractivity contribution is -0.137. The van der Waals surface area contributed by atoms with Gasteiger partial charge >= 0.3 is 6.18 Å². The topological polar surface area (TPSA) is 45.0 Å². The molecule has 3 nitrogen and oxygen atoms in total. The maximum atomic E-state index is 12.9. The van der Waals surface area contributed by atoms with Gasteiger partial charge in [0.1, 0.15) is 0 Å². The quantitative estimate of drug-likeness (QED) is 0.919. The van der Waals surface area contributed by atoms with Gasteiger partial charge in [-0.25, -0.2) is 0 Å². The molecule has 1 fully saturated rings. The Hall–Kier alpha value is -1.74. The first-order valence-electron chi connectivity index (χ1n) is 6.84. The molecule has 0 radical (unpaired) electrons. The highest BCUT2D eigenvalue weighted by molar-refractivity contribution is 5.53. The molecule has 0 saturated heterocycles. The van der Waals surface area contributed by atoms with Crippen molar-refractivity contribution in [3.63, 3.8) is 0 Å². The molecule has 1 aliphatic carbocycles. The predicted molar refractivity (Wildman–Crippen MR) is 72.8 cm³/mol. The van der Waals surface area contributed by atoms with Crippen molar-refractivity contribution in [1.29, 1.82) is 5.26 Å². The Morgan fingerprint density at radius 1 is 1.33 bits per heavy atom. The van der Waals surface area contributed by atoms with Gasteiger partial charge in [-0.1, -0.05) is 0 Å². The maximum Gasteiger partial charge on any atom is 0.417 e. The van der Waals surface area contributed by atoms with Gasteiger partial charge in [0.25, 0.3) is 0 Å². The molecular formula is C15H17F3N2O. The first-order chi connectivity index (χ1) is 9.94. The molecule has 2 unspecified atom stereocenters. The van der Waals surface area contributed by atoms with E-state index in [1.54, 1.807) is 13.2 Å². The second kappa shape index (κ2) is 6.35. The Kier molecular flexibility index (Phi) is 4.73. The average Bonchev–Trinajstić information content (AvgIpc) is 2.46. The fourth-order valence-electron chi connectivity index (χ4n) is 2.69. The molecule has 0 bridgehead atoms. The largest absolute Gasteiger partial charge is 0.417 e. The number of nitriles is 1. The van der Waals surface area contributed by atoms with Crippen molar-refractivity contribution in [1.82, 2.24) is 0 Å². The van der Waals surface area contributed by atoms with Gasteiger partial charge in [-0.05, 0) is 43.9 Å². The third-order valence-electron chi connectivity index (χ3n) is 3.78. The van der Waals surface area contributed by atoms with Gasteiger partial charge in [0.15, 0.2) is 0 Å². The Bertz CT molecular complexity index is 537. The van der Waals surface area contributed by atoms with E-state index in [1.165, 1.54) is 12.1 Å². The number of nitrogens with zero attached hydrogens (tertiary/aromatic N) is 1. The van der Waals surface area contributed by atoms with Crippen molar-refractivity contribution in [3.05, 3.63) is 29.3 Å². The molecule has 0 heterocycles. The van der Waals surface area contributed by atoms with Crippen molar-refractivity contribution in [3.8, 4) is 6.07 Å². The second-order valence-corrected chi connectivity index (χ2v) is 5.24. The number of rotatable bonds is 3. The van der Waals surface area contributed by atoms with E-state index >= 15 is 0 Å². The van der Waals surface area contributed by atoms with Crippen LogP contribution >= 0.6 is 0 Å². The first kappa shape index (κ1) is 15.6. The lowest BCUT2D eigenvalue weighted by Gasteiger charge is -2.29. The van der Waals surface area contributed by atoms with Crippen LogP contribution in [0.1, 0.15) is 36.8 Å². The van der Waals surface area contributed by atoms with Gasteiger partial charge in [0, 0.05) is 18.8 Å². The lowest BCUT2D eigenvalue weighted by Crippen LogP contribution is -2.31. The number of benzene rings is 1. The summed E-state index contributed by atoms with van der Waals surface area (Å²) in [4.78, 5) is 0. The van der Waals surface area contributed by atoms with Crippen molar-refractivity contribution >= 4 is 5.69 Å². The minimum atomic E-state index is -4.52. The number of ether oxygens (including phenoxy) is 1. The number of halogens is 3. The fraction of sp³-hybridized carbons (Fsp3) is 0.533. The standard InChI is InChI=1S/C15H17F3N2O/c1-21-13-4-2-3-11(7-13)20-12-6-5-10(9-19)14(8-12)15(16,17)18/h5-6,8,11,13,20H,2-4,7H2,1H3. The monoisotopic (exact) mass is 298 g/mol. The minimum absolute atomic E-state index is 0.0951. The summed E-state index contributed by atoms with van der Waals surface area (Å²) < 4.78 is 44.0. The van der Waals surface area contributed by atoms with E-state index in [0.717, 1.165) is 31.7 Å². The third kappa shape index (κ3) is 3.88. The summed E-state index contributed by atoms with van der Waals surface area (Å²) in [7, 11) is 1.65. The molecule has 21 heavy (non-hydrogen) atoms. The van der Waals surface area contributed by atoms with E-state index in [4.69, 9.17) is 10.00 Å².